The first-order valence-corrected chi connectivity index (χ1v) is 10.6. The predicted molar refractivity (Wildman–Crippen MR) is 103 cm³/mol. The molecule has 29 heavy (non-hydrogen) atoms. The average molecular weight is 445 g/mol. The second-order valence-electron chi connectivity index (χ2n) is 6.56. The summed E-state index contributed by atoms with van der Waals surface area (Å²) in [5.74, 6) is -1.75. The number of rotatable bonds is 5. The molecule has 6 nitrogen and oxygen atoms in total. The van der Waals surface area contributed by atoms with Gasteiger partial charge in [0.05, 0.1) is 0 Å². The van der Waals surface area contributed by atoms with Crippen LogP contribution in [-0.2, 0) is 14.8 Å². The molecule has 0 radical (unpaired) electrons. The lowest BCUT2D eigenvalue weighted by atomic mass is 10.2. The van der Waals surface area contributed by atoms with Gasteiger partial charge in [-0.25, -0.2) is 17.2 Å². The summed E-state index contributed by atoms with van der Waals surface area (Å²) in [6, 6.07) is 7.38. The van der Waals surface area contributed by atoms with Crippen LogP contribution in [0.3, 0.4) is 0 Å². The molecule has 1 aliphatic rings. The Morgan fingerprint density at radius 2 is 1.79 bits per heavy atom. The van der Waals surface area contributed by atoms with Gasteiger partial charge in [-0.1, -0.05) is 11.6 Å². The van der Waals surface area contributed by atoms with Gasteiger partial charge in [0.15, 0.2) is 6.61 Å². The quantitative estimate of drug-likeness (QED) is 0.711. The Morgan fingerprint density at radius 3 is 2.41 bits per heavy atom. The van der Waals surface area contributed by atoms with Crippen molar-refractivity contribution in [3.05, 3.63) is 58.6 Å². The van der Waals surface area contributed by atoms with E-state index in [0.717, 1.165) is 22.0 Å². The Morgan fingerprint density at radius 1 is 1.10 bits per heavy atom. The van der Waals surface area contributed by atoms with E-state index in [2.05, 4.69) is 0 Å². The summed E-state index contributed by atoms with van der Waals surface area (Å²) >= 11 is 5.89. The van der Waals surface area contributed by atoms with Crippen LogP contribution < -0.4 is 4.74 Å². The van der Waals surface area contributed by atoms with Crippen LogP contribution in [0.4, 0.5) is 8.78 Å². The number of nitrogens with zero attached hydrogens (tertiary/aromatic N) is 2. The van der Waals surface area contributed by atoms with E-state index in [1.54, 1.807) is 18.2 Å². The van der Waals surface area contributed by atoms with Gasteiger partial charge in [-0.15, -0.1) is 0 Å². The molecule has 3 rings (SSSR count). The molecule has 1 fully saturated rings. The minimum atomic E-state index is -4.11. The van der Waals surface area contributed by atoms with Crippen molar-refractivity contribution < 1.29 is 26.7 Å². The molecule has 1 amide bonds. The predicted octanol–water partition coefficient (Wildman–Crippen LogP) is 2.84. The Balaban J connectivity index is 1.58. The molecule has 2 aromatic rings. The third kappa shape index (κ3) is 4.85. The highest BCUT2D eigenvalue weighted by atomic mass is 35.5. The average Bonchev–Trinajstić information content (AvgIpc) is 2.67. The lowest BCUT2D eigenvalue weighted by Gasteiger charge is -2.34. The highest BCUT2D eigenvalue weighted by Crippen LogP contribution is 2.23. The highest BCUT2D eigenvalue weighted by Gasteiger charge is 2.32. The molecule has 0 spiro atoms. The molecule has 0 aromatic heterocycles. The molecule has 0 aliphatic carbocycles. The third-order valence-electron chi connectivity index (χ3n) is 4.59. The summed E-state index contributed by atoms with van der Waals surface area (Å²) in [6.45, 7) is 1.91. The first kappa shape index (κ1) is 21.5. The molecule has 156 valence electrons. The highest BCUT2D eigenvalue weighted by molar-refractivity contribution is 7.89. The Bertz CT molecular complexity index is 1020. The minimum absolute atomic E-state index is 0.00482. The largest absolute Gasteiger partial charge is 0.483 e. The number of sulfonamides is 1. The lowest BCUT2D eigenvalue weighted by molar-refractivity contribution is -0.134. The van der Waals surface area contributed by atoms with E-state index in [1.165, 1.54) is 4.90 Å². The maximum atomic E-state index is 13.9. The maximum Gasteiger partial charge on any atom is 0.260 e. The smallest absolute Gasteiger partial charge is 0.260 e. The lowest BCUT2D eigenvalue weighted by Crippen LogP contribution is -2.51. The second-order valence-corrected chi connectivity index (χ2v) is 8.90. The number of carbonyl (C=O) groups is 1. The zero-order chi connectivity index (χ0) is 21.2. The van der Waals surface area contributed by atoms with Crippen molar-refractivity contribution in [3.63, 3.8) is 0 Å². The van der Waals surface area contributed by atoms with Crippen molar-refractivity contribution >= 4 is 27.5 Å². The molecule has 0 atom stereocenters. The van der Waals surface area contributed by atoms with Crippen LogP contribution in [-0.4, -0.2) is 56.3 Å². The zero-order valence-corrected chi connectivity index (χ0v) is 17.1. The van der Waals surface area contributed by atoms with Crippen LogP contribution >= 0.6 is 11.6 Å². The van der Waals surface area contributed by atoms with Gasteiger partial charge in [-0.3, -0.25) is 4.79 Å². The summed E-state index contributed by atoms with van der Waals surface area (Å²) in [4.78, 5) is 13.3. The molecule has 0 N–H and O–H groups in total. The number of hydrogen-bond donors (Lipinski definition) is 0. The van der Waals surface area contributed by atoms with E-state index in [4.69, 9.17) is 16.3 Å². The van der Waals surface area contributed by atoms with Gasteiger partial charge in [0.2, 0.25) is 10.0 Å². The van der Waals surface area contributed by atoms with Gasteiger partial charge in [0.25, 0.3) is 5.91 Å². The van der Waals surface area contributed by atoms with Gasteiger partial charge in [0, 0.05) is 37.3 Å². The molecular formula is C19H19ClF2N2O4S. The van der Waals surface area contributed by atoms with Crippen molar-refractivity contribution in [2.45, 2.75) is 11.8 Å². The first-order valence-electron chi connectivity index (χ1n) is 8.80. The number of ether oxygens (including phenoxy) is 1. The summed E-state index contributed by atoms with van der Waals surface area (Å²) in [5.41, 5.74) is 0.794. The Kier molecular flexibility index (Phi) is 6.40. The van der Waals surface area contributed by atoms with Crippen LogP contribution in [0.5, 0.6) is 5.75 Å². The number of aryl methyl sites for hydroxylation is 1. The summed E-state index contributed by atoms with van der Waals surface area (Å²) in [7, 11) is -4.11. The zero-order valence-electron chi connectivity index (χ0n) is 15.6. The molecule has 1 heterocycles. The van der Waals surface area contributed by atoms with Crippen molar-refractivity contribution in [1.29, 1.82) is 0 Å². The minimum Gasteiger partial charge on any atom is -0.483 e. The van der Waals surface area contributed by atoms with E-state index in [9.17, 15) is 22.0 Å². The van der Waals surface area contributed by atoms with Crippen molar-refractivity contribution in [1.82, 2.24) is 9.21 Å². The van der Waals surface area contributed by atoms with Crippen molar-refractivity contribution in [3.8, 4) is 5.75 Å². The van der Waals surface area contributed by atoms with Crippen LogP contribution in [0.1, 0.15) is 5.56 Å². The molecular weight excluding hydrogens is 426 g/mol. The van der Waals surface area contributed by atoms with Gasteiger partial charge >= 0.3 is 0 Å². The first-order chi connectivity index (χ1) is 13.7. The number of hydrogen-bond acceptors (Lipinski definition) is 4. The summed E-state index contributed by atoms with van der Waals surface area (Å²) in [5, 5.41) is 0.566. The fourth-order valence-electron chi connectivity index (χ4n) is 3.01. The number of amides is 1. The molecule has 1 aliphatic heterocycles. The Labute approximate surface area is 172 Å². The number of halogens is 3. The fourth-order valence-corrected chi connectivity index (χ4v) is 4.70. The van der Waals surface area contributed by atoms with Crippen LogP contribution in [0, 0.1) is 18.6 Å². The topological polar surface area (TPSA) is 66.9 Å². The number of carbonyl (C=O) groups excluding carboxylic acids is 1. The molecule has 2 aromatic carbocycles. The molecule has 0 unspecified atom stereocenters. The van der Waals surface area contributed by atoms with Gasteiger partial charge in [0.1, 0.15) is 22.3 Å². The molecule has 1 saturated heterocycles. The number of benzene rings is 2. The Hall–Kier alpha value is -2.23. The monoisotopic (exact) mass is 444 g/mol. The standard InChI is InChI=1S/C19H19ClF2N2O4S/c1-13-10-14(20)2-4-17(13)28-12-19(25)23-6-8-24(9-7-23)29(26,27)18-5-3-15(21)11-16(18)22/h2-5,10-11H,6-9,12H2,1H3. The molecule has 0 saturated carbocycles. The molecule has 0 bridgehead atoms. The van der Waals surface area contributed by atoms with Crippen LogP contribution in [0.15, 0.2) is 41.3 Å². The SMILES string of the molecule is Cc1cc(Cl)ccc1OCC(=O)N1CCN(S(=O)(=O)c2ccc(F)cc2F)CC1. The summed E-state index contributed by atoms with van der Waals surface area (Å²) < 4.78 is 58.7. The summed E-state index contributed by atoms with van der Waals surface area (Å²) in [6.07, 6.45) is 0. The van der Waals surface area contributed by atoms with E-state index < -0.39 is 26.6 Å². The maximum absolute atomic E-state index is 13.9. The fraction of sp³-hybridized carbons (Fsp3) is 0.316. The third-order valence-corrected chi connectivity index (χ3v) is 6.76. The van der Waals surface area contributed by atoms with E-state index in [-0.39, 0.29) is 38.7 Å². The van der Waals surface area contributed by atoms with E-state index in [0.29, 0.717) is 16.8 Å². The van der Waals surface area contributed by atoms with Crippen molar-refractivity contribution in [2.24, 2.45) is 0 Å². The number of piperazine rings is 1. The van der Waals surface area contributed by atoms with E-state index in [1.807, 2.05) is 6.92 Å². The second kappa shape index (κ2) is 8.64. The van der Waals surface area contributed by atoms with Crippen LogP contribution in [0.25, 0.3) is 0 Å². The van der Waals surface area contributed by atoms with Crippen LogP contribution in [0.2, 0.25) is 5.02 Å². The van der Waals surface area contributed by atoms with Gasteiger partial charge < -0.3 is 9.64 Å². The molecule has 10 heteroatoms. The van der Waals surface area contributed by atoms with Gasteiger partial charge in [-0.2, -0.15) is 4.31 Å². The van der Waals surface area contributed by atoms with E-state index >= 15 is 0 Å². The van der Waals surface area contributed by atoms with Crippen molar-refractivity contribution in [2.75, 3.05) is 32.8 Å². The van der Waals surface area contributed by atoms with Gasteiger partial charge in [-0.05, 0) is 42.8 Å². The normalized spacial score (nSPS) is 15.4.